The lowest BCUT2D eigenvalue weighted by Crippen LogP contribution is -2.45. The number of hydrogen-bond acceptors (Lipinski definition) is 3. The standard InChI is InChI=1S/C12H24N2O2/c1-5-13-11-8-16-7-10(11)12(15)14(4)6-9(2)3/h9-11,13H,5-8H2,1-4H3. The zero-order valence-corrected chi connectivity index (χ0v) is 10.8. The van der Waals surface area contributed by atoms with E-state index in [9.17, 15) is 4.79 Å². The van der Waals surface area contributed by atoms with Gasteiger partial charge in [0.25, 0.3) is 0 Å². The van der Waals surface area contributed by atoms with E-state index in [-0.39, 0.29) is 17.9 Å². The Morgan fingerprint density at radius 2 is 2.19 bits per heavy atom. The summed E-state index contributed by atoms with van der Waals surface area (Å²) in [6.07, 6.45) is 0. The molecule has 0 aromatic carbocycles. The van der Waals surface area contributed by atoms with Gasteiger partial charge in [-0.15, -0.1) is 0 Å². The van der Waals surface area contributed by atoms with Crippen molar-refractivity contribution in [3.05, 3.63) is 0 Å². The third kappa shape index (κ3) is 3.46. The molecule has 0 aromatic heterocycles. The monoisotopic (exact) mass is 228 g/mol. The summed E-state index contributed by atoms with van der Waals surface area (Å²) in [5, 5.41) is 3.31. The molecule has 94 valence electrons. The summed E-state index contributed by atoms with van der Waals surface area (Å²) >= 11 is 0. The van der Waals surface area contributed by atoms with Gasteiger partial charge < -0.3 is 15.0 Å². The molecule has 0 aliphatic carbocycles. The number of carbonyl (C=O) groups excluding carboxylic acids is 1. The molecule has 0 radical (unpaired) electrons. The van der Waals surface area contributed by atoms with Crippen LogP contribution in [0.15, 0.2) is 0 Å². The van der Waals surface area contributed by atoms with E-state index >= 15 is 0 Å². The van der Waals surface area contributed by atoms with E-state index in [4.69, 9.17) is 4.74 Å². The SMILES string of the molecule is CCNC1COCC1C(=O)N(C)CC(C)C. The van der Waals surface area contributed by atoms with Crippen LogP contribution in [-0.4, -0.2) is 50.2 Å². The minimum absolute atomic E-state index is 0.0105. The number of nitrogens with zero attached hydrogens (tertiary/aromatic N) is 1. The number of carbonyl (C=O) groups is 1. The number of amides is 1. The topological polar surface area (TPSA) is 41.6 Å². The number of ether oxygens (including phenoxy) is 1. The lowest BCUT2D eigenvalue weighted by Gasteiger charge is -2.25. The van der Waals surface area contributed by atoms with Gasteiger partial charge in [-0.2, -0.15) is 0 Å². The number of hydrogen-bond donors (Lipinski definition) is 1. The van der Waals surface area contributed by atoms with E-state index in [0.717, 1.165) is 13.1 Å². The third-order valence-corrected chi connectivity index (χ3v) is 2.88. The summed E-state index contributed by atoms with van der Waals surface area (Å²) in [5.41, 5.74) is 0. The van der Waals surface area contributed by atoms with E-state index in [1.54, 1.807) is 0 Å². The number of rotatable bonds is 5. The first-order valence-electron chi connectivity index (χ1n) is 6.12. The molecule has 1 amide bonds. The van der Waals surface area contributed by atoms with Gasteiger partial charge in [0, 0.05) is 19.6 Å². The first-order chi connectivity index (χ1) is 7.56. The first-order valence-corrected chi connectivity index (χ1v) is 6.12. The summed E-state index contributed by atoms with van der Waals surface area (Å²) in [6.45, 7) is 9.20. The second kappa shape index (κ2) is 6.21. The van der Waals surface area contributed by atoms with Crippen LogP contribution >= 0.6 is 0 Å². The van der Waals surface area contributed by atoms with Crippen LogP contribution in [0.3, 0.4) is 0 Å². The zero-order valence-electron chi connectivity index (χ0n) is 10.8. The highest BCUT2D eigenvalue weighted by molar-refractivity contribution is 5.79. The third-order valence-electron chi connectivity index (χ3n) is 2.88. The zero-order chi connectivity index (χ0) is 12.1. The normalized spacial score (nSPS) is 25.1. The summed E-state index contributed by atoms with van der Waals surface area (Å²) in [4.78, 5) is 14.0. The highest BCUT2D eigenvalue weighted by Gasteiger charge is 2.35. The molecule has 0 spiro atoms. The molecular formula is C12H24N2O2. The van der Waals surface area contributed by atoms with Crippen molar-refractivity contribution in [2.75, 3.05) is 33.4 Å². The molecule has 1 aliphatic rings. The fourth-order valence-electron chi connectivity index (χ4n) is 2.18. The predicted octanol–water partition coefficient (Wildman–Crippen LogP) is 0.725. The fraction of sp³-hybridized carbons (Fsp3) is 0.917. The summed E-state index contributed by atoms with van der Waals surface area (Å²) in [6, 6.07) is 0.187. The van der Waals surface area contributed by atoms with Crippen molar-refractivity contribution in [1.82, 2.24) is 10.2 Å². The Kier molecular flexibility index (Phi) is 5.22. The maximum atomic E-state index is 12.2. The second-order valence-corrected chi connectivity index (χ2v) is 4.92. The van der Waals surface area contributed by atoms with Gasteiger partial charge in [-0.1, -0.05) is 20.8 Å². The smallest absolute Gasteiger partial charge is 0.229 e. The van der Waals surface area contributed by atoms with Gasteiger partial charge in [0.2, 0.25) is 5.91 Å². The van der Waals surface area contributed by atoms with Crippen LogP contribution in [0.2, 0.25) is 0 Å². The molecule has 1 N–H and O–H groups in total. The summed E-state index contributed by atoms with van der Waals surface area (Å²) < 4.78 is 5.39. The molecule has 1 fully saturated rings. The van der Waals surface area contributed by atoms with Crippen LogP contribution < -0.4 is 5.32 Å². The molecule has 0 saturated carbocycles. The van der Waals surface area contributed by atoms with Crippen molar-refractivity contribution < 1.29 is 9.53 Å². The van der Waals surface area contributed by atoms with Gasteiger partial charge in [-0.3, -0.25) is 4.79 Å². The Balaban J connectivity index is 2.51. The molecule has 1 rings (SSSR count). The van der Waals surface area contributed by atoms with Gasteiger partial charge in [0.1, 0.15) is 0 Å². The molecule has 2 atom stereocenters. The fourth-order valence-corrected chi connectivity index (χ4v) is 2.18. The number of likely N-dealkylation sites (N-methyl/N-ethyl adjacent to an activating group) is 1. The summed E-state index contributed by atoms with van der Waals surface area (Å²) in [5.74, 6) is 0.703. The van der Waals surface area contributed by atoms with Crippen molar-refractivity contribution in [2.45, 2.75) is 26.8 Å². The molecule has 1 heterocycles. The molecule has 1 aliphatic heterocycles. The van der Waals surface area contributed by atoms with Gasteiger partial charge >= 0.3 is 0 Å². The van der Waals surface area contributed by atoms with Crippen molar-refractivity contribution in [2.24, 2.45) is 11.8 Å². The molecule has 0 aromatic rings. The Hall–Kier alpha value is -0.610. The quantitative estimate of drug-likeness (QED) is 0.754. The van der Waals surface area contributed by atoms with Gasteiger partial charge in [-0.05, 0) is 12.5 Å². The van der Waals surface area contributed by atoms with Gasteiger partial charge in [0.15, 0.2) is 0 Å². The van der Waals surface area contributed by atoms with Crippen molar-refractivity contribution in [1.29, 1.82) is 0 Å². The molecule has 4 heteroatoms. The van der Waals surface area contributed by atoms with E-state index in [0.29, 0.717) is 19.1 Å². The minimum atomic E-state index is -0.0105. The van der Waals surface area contributed by atoms with E-state index < -0.39 is 0 Å². The Bertz CT molecular complexity index is 231. The lowest BCUT2D eigenvalue weighted by molar-refractivity contribution is -0.135. The number of nitrogens with one attached hydrogen (secondary N) is 1. The molecule has 2 unspecified atom stereocenters. The Labute approximate surface area is 98.3 Å². The van der Waals surface area contributed by atoms with Crippen molar-refractivity contribution >= 4 is 5.91 Å². The minimum Gasteiger partial charge on any atom is -0.379 e. The predicted molar refractivity (Wildman–Crippen MR) is 64.2 cm³/mol. The molecular weight excluding hydrogens is 204 g/mol. The van der Waals surface area contributed by atoms with Crippen LogP contribution in [0.1, 0.15) is 20.8 Å². The van der Waals surface area contributed by atoms with Gasteiger partial charge in [0.05, 0.1) is 19.1 Å². The molecule has 0 bridgehead atoms. The van der Waals surface area contributed by atoms with Crippen LogP contribution in [0.4, 0.5) is 0 Å². The largest absolute Gasteiger partial charge is 0.379 e. The van der Waals surface area contributed by atoms with Crippen molar-refractivity contribution in [3.63, 3.8) is 0 Å². The van der Waals surface area contributed by atoms with Gasteiger partial charge in [-0.25, -0.2) is 0 Å². The Morgan fingerprint density at radius 1 is 1.50 bits per heavy atom. The van der Waals surface area contributed by atoms with E-state index in [2.05, 4.69) is 26.1 Å². The molecule has 1 saturated heterocycles. The maximum Gasteiger partial charge on any atom is 0.229 e. The summed E-state index contributed by atoms with van der Waals surface area (Å²) in [7, 11) is 1.88. The highest BCUT2D eigenvalue weighted by atomic mass is 16.5. The first kappa shape index (κ1) is 13.5. The highest BCUT2D eigenvalue weighted by Crippen LogP contribution is 2.16. The lowest BCUT2D eigenvalue weighted by atomic mass is 10.0. The van der Waals surface area contributed by atoms with E-state index in [1.807, 2.05) is 11.9 Å². The van der Waals surface area contributed by atoms with Crippen molar-refractivity contribution in [3.8, 4) is 0 Å². The molecule has 16 heavy (non-hydrogen) atoms. The van der Waals surface area contributed by atoms with Crippen LogP contribution in [0.25, 0.3) is 0 Å². The Morgan fingerprint density at radius 3 is 2.75 bits per heavy atom. The van der Waals surface area contributed by atoms with Crippen LogP contribution in [0, 0.1) is 11.8 Å². The van der Waals surface area contributed by atoms with Crippen LogP contribution in [-0.2, 0) is 9.53 Å². The second-order valence-electron chi connectivity index (χ2n) is 4.92. The average molecular weight is 228 g/mol. The average Bonchev–Trinajstić information content (AvgIpc) is 2.64. The van der Waals surface area contributed by atoms with Crippen LogP contribution in [0.5, 0.6) is 0 Å². The van der Waals surface area contributed by atoms with E-state index in [1.165, 1.54) is 0 Å². The maximum absolute atomic E-state index is 12.2. The molecule has 4 nitrogen and oxygen atoms in total.